The Labute approximate surface area is 174 Å². The van der Waals surface area contributed by atoms with Crippen molar-refractivity contribution >= 4 is 29.3 Å². The minimum Gasteiger partial charge on any atom is -0.384 e. The maximum atomic E-state index is 13.1. The van der Waals surface area contributed by atoms with E-state index in [0.717, 1.165) is 24.5 Å². The van der Waals surface area contributed by atoms with Crippen molar-refractivity contribution < 1.29 is 19.2 Å². The summed E-state index contributed by atoms with van der Waals surface area (Å²) in [4.78, 5) is 50.7. The number of amides is 4. The highest BCUT2D eigenvalue weighted by atomic mass is 16.2. The fraction of sp³-hybridized carbons (Fsp3) is 0.545. The molecule has 1 aromatic rings. The fourth-order valence-corrected chi connectivity index (χ4v) is 5.32. The number of nitrogens with zero attached hydrogens (tertiary/aromatic N) is 1. The van der Waals surface area contributed by atoms with Gasteiger partial charge in [-0.3, -0.25) is 29.4 Å². The largest absolute Gasteiger partial charge is 0.384 e. The van der Waals surface area contributed by atoms with Crippen LogP contribution in [0.1, 0.15) is 53.3 Å². The molecule has 4 aliphatic rings. The average Bonchev–Trinajstić information content (AvgIpc) is 2.89. The molecule has 1 aromatic carbocycles. The maximum absolute atomic E-state index is 13.1. The minimum atomic E-state index is -0.941. The van der Waals surface area contributed by atoms with Gasteiger partial charge in [0, 0.05) is 31.7 Å². The maximum Gasteiger partial charge on any atom is 0.264 e. The monoisotopic (exact) mass is 410 g/mol. The normalized spacial score (nSPS) is 26.2. The standard InChI is InChI=1S/C22H26N4O4/c1-12(13-7-22(8-13)10-23-11-22)9-24-15-4-2-3-14-18(15)21(30)26(20(14)29)16-5-6-17(27)25-19(16)28/h2-4,12-13,16,23-24H,5-11H2,1H3,(H,25,27,28)/t12-,16?/m1/s1. The molecule has 8 heteroatoms. The van der Waals surface area contributed by atoms with E-state index in [1.54, 1.807) is 12.1 Å². The third-order valence-electron chi connectivity index (χ3n) is 7.28. The van der Waals surface area contributed by atoms with E-state index in [4.69, 9.17) is 0 Å². The molecule has 1 unspecified atom stereocenters. The Hall–Kier alpha value is -2.74. The molecule has 3 fully saturated rings. The second kappa shape index (κ2) is 6.91. The van der Waals surface area contributed by atoms with Crippen molar-refractivity contribution in [2.24, 2.45) is 17.3 Å². The predicted octanol–water partition coefficient (Wildman–Crippen LogP) is 1.14. The van der Waals surface area contributed by atoms with E-state index in [1.165, 1.54) is 12.8 Å². The van der Waals surface area contributed by atoms with Crippen LogP contribution in [0.3, 0.4) is 0 Å². The van der Waals surface area contributed by atoms with Gasteiger partial charge in [0.25, 0.3) is 11.8 Å². The van der Waals surface area contributed by atoms with Crippen LogP contribution in [0.25, 0.3) is 0 Å². The van der Waals surface area contributed by atoms with E-state index >= 15 is 0 Å². The third kappa shape index (κ3) is 2.93. The van der Waals surface area contributed by atoms with Gasteiger partial charge in [-0.25, -0.2) is 0 Å². The third-order valence-corrected chi connectivity index (χ3v) is 7.28. The van der Waals surface area contributed by atoms with Crippen molar-refractivity contribution in [3.05, 3.63) is 29.3 Å². The molecule has 3 aliphatic heterocycles. The number of imide groups is 2. The highest BCUT2D eigenvalue weighted by Crippen LogP contribution is 2.51. The van der Waals surface area contributed by atoms with Crippen molar-refractivity contribution in [3.8, 4) is 0 Å². The van der Waals surface area contributed by atoms with Crippen LogP contribution in [-0.2, 0) is 9.59 Å². The van der Waals surface area contributed by atoms with E-state index in [9.17, 15) is 19.2 Å². The topological polar surface area (TPSA) is 108 Å². The average molecular weight is 410 g/mol. The second-order valence-corrected chi connectivity index (χ2v) is 9.31. The van der Waals surface area contributed by atoms with Crippen LogP contribution in [0.5, 0.6) is 0 Å². The van der Waals surface area contributed by atoms with Gasteiger partial charge in [0.1, 0.15) is 6.04 Å². The van der Waals surface area contributed by atoms with E-state index in [1.807, 2.05) is 6.07 Å². The lowest BCUT2D eigenvalue weighted by Crippen LogP contribution is -2.61. The first-order chi connectivity index (χ1) is 14.4. The lowest BCUT2D eigenvalue weighted by Gasteiger charge is -2.56. The van der Waals surface area contributed by atoms with Gasteiger partial charge in [-0.1, -0.05) is 13.0 Å². The molecule has 2 atom stereocenters. The van der Waals surface area contributed by atoms with Crippen LogP contribution in [0.2, 0.25) is 0 Å². The fourth-order valence-electron chi connectivity index (χ4n) is 5.32. The number of hydrogen-bond acceptors (Lipinski definition) is 6. The molecule has 158 valence electrons. The van der Waals surface area contributed by atoms with Gasteiger partial charge in [0.05, 0.1) is 11.1 Å². The van der Waals surface area contributed by atoms with Crippen LogP contribution in [0.4, 0.5) is 5.69 Å². The Morgan fingerprint density at radius 3 is 2.60 bits per heavy atom. The van der Waals surface area contributed by atoms with Crippen LogP contribution in [-0.4, -0.2) is 54.2 Å². The molecule has 0 radical (unpaired) electrons. The Morgan fingerprint density at radius 1 is 1.17 bits per heavy atom. The summed E-state index contributed by atoms with van der Waals surface area (Å²) >= 11 is 0. The van der Waals surface area contributed by atoms with Crippen LogP contribution in [0.15, 0.2) is 18.2 Å². The summed E-state index contributed by atoms with van der Waals surface area (Å²) < 4.78 is 0. The minimum absolute atomic E-state index is 0.116. The smallest absolute Gasteiger partial charge is 0.264 e. The first-order valence-corrected chi connectivity index (χ1v) is 10.7. The van der Waals surface area contributed by atoms with Crippen LogP contribution < -0.4 is 16.0 Å². The van der Waals surface area contributed by atoms with Gasteiger partial charge in [-0.2, -0.15) is 0 Å². The predicted molar refractivity (Wildman–Crippen MR) is 109 cm³/mol. The summed E-state index contributed by atoms with van der Waals surface area (Å²) in [6, 6.07) is 4.24. The zero-order valence-electron chi connectivity index (χ0n) is 17.0. The van der Waals surface area contributed by atoms with Gasteiger partial charge < -0.3 is 10.6 Å². The van der Waals surface area contributed by atoms with E-state index in [0.29, 0.717) is 34.1 Å². The Kier molecular flexibility index (Phi) is 4.43. The first kappa shape index (κ1) is 19.2. The summed E-state index contributed by atoms with van der Waals surface area (Å²) in [5.74, 6) is -0.768. The molecule has 3 heterocycles. The number of piperidine rings is 1. The molecule has 8 nitrogen and oxygen atoms in total. The zero-order chi connectivity index (χ0) is 21.0. The van der Waals surface area contributed by atoms with Gasteiger partial charge in [-0.05, 0) is 48.6 Å². The molecule has 1 spiro atoms. The molecule has 1 saturated carbocycles. The Morgan fingerprint density at radius 2 is 1.93 bits per heavy atom. The quantitative estimate of drug-likeness (QED) is 0.629. The molecule has 0 bridgehead atoms. The van der Waals surface area contributed by atoms with Gasteiger partial charge >= 0.3 is 0 Å². The van der Waals surface area contributed by atoms with Crippen molar-refractivity contribution in [1.82, 2.24) is 15.5 Å². The summed E-state index contributed by atoms with van der Waals surface area (Å²) in [5.41, 5.74) is 1.79. The van der Waals surface area contributed by atoms with E-state index in [-0.39, 0.29) is 18.7 Å². The molecule has 3 N–H and O–H groups in total. The van der Waals surface area contributed by atoms with Crippen molar-refractivity contribution in [1.29, 1.82) is 0 Å². The van der Waals surface area contributed by atoms with Crippen molar-refractivity contribution in [2.75, 3.05) is 25.0 Å². The SMILES string of the molecule is C[C@H](CNc1cccc2c1C(=O)N(C1CCC(=O)NC1=O)C2=O)C1CC2(CNC2)C1. The van der Waals surface area contributed by atoms with Crippen molar-refractivity contribution in [2.45, 2.75) is 38.6 Å². The highest BCUT2D eigenvalue weighted by Gasteiger charge is 2.50. The first-order valence-electron chi connectivity index (χ1n) is 10.7. The number of hydrogen-bond donors (Lipinski definition) is 3. The number of fused-ring (bicyclic) bond motifs is 1. The number of nitrogens with one attached hydrogen (secondary N) is 3. The van der Waals surface area contributed by atoms with E-state index < -0.39 is 23.8 Å². The molecule has 4 amide bonds. The molecular formula is C22H26N4O4. The van der Waals surface area contributed by atoms with Crippen LogP contribution in [0, 0.1) is 17.3 Å². The van der Waals surface area contributed by atoms with E-state index in [2.05, 4.69) is 22.9 Å². The van der Waals surface area contributed by atoms with Crippen LogP contribution >= 0.6 is 0 Å². The molecular weight excluding hydrogens is 384 g/mol. The Bertz CT molecular complexity index is 946. The number of benzene rings is 1. The molecule has 2 saturated heterocycles. The molecule has 5 rings (SSSR count). The zero-order valence-corrected chi connectivity index (χ0v) is 17.0. The van der Waals surface area contributed by atoms with Gasteiger partial charge in [0.15, 0.2) is 0 Å². The Balaban J connectivity index is 1.30. The summed E-state index contributed by atoms with van der Waals surface area (Å²) in [6.45, 7) is 5.21. The molecule has 30 heavy (non-hydrogen) atoms. The van der Waals surface area contributed by atoms with Gasteiger partial charge in [-0.15, -0.1) is 0 Å². The number of carbonyl (C=O) groups is 4. The lowest BCUT2D eigenvalue weighted by molar-refractivity contribution is -0.136. The number of anilines is 1. The van der Waals surface area contributed by atoms with Crippen molar-refractivity contribution in [3.63, 3.8) is 0 Å². The second-order valence-electron chi connectivity index (χ2n) is 9.31. The van der Waals surface area contributed by atoms with Gasteiger partial charge in [0.2, 0.25) is 11.8 Å². The number of carbonyl (C=O) groups excluding carboxylic acids is 4. The lowest BCUT2D eigenvalue weighted by atomic mass is 9.55. The molecule has 0 aromatic heterocycles. The highest BCUT2D eigenvalue weighted by molar-refractivity contribution is 6.25. The summed E-state index contributed by atoms with van der Waals surface area (Å²) in [5, 5.41) is 8.96. The number of rotatable bonds is 5. The summed E-state index contributed by atoms with van der Waals surface area (Å²) in [6.07, 6.45) is 2.77. The summed E-state index contributed by atoms with van der Waals surface area (Å²) in [7, 11) is 0. The molecule has 1 aliphatic carbocycles.